The molecular formula is C19H23N3O5S. The minimum Gasteiger partial charge on any atom is -0.446 e. The zero-order chi connectivity index (χ0) is 20.3. The quantitative estimate of drug-likeness (QED) is 0.721. The smallest absolute Gasteiger partial charge is 0.330 e. The number of rotatable bonds is 5. The van der Waals surface area contributed by atoms with Crippen LogP contribution in [-0.4, -0.2) is 51.9 Å². The van der Waals surface area contributed by atoms with Crippen molar-refractivity contribution in [3.05, 3.63) is 35.9 Å². The van der Waals surface area contributed by atoms with E-state index in [2.05, 4.69) is 10.6 Å². The first-order chi connectivity index (χ1) is 13.4. The molecule has 1 aromatic rings. The highest BCUT2D eigenvalue weighted by molar-refractivity contribution is 8.01. The van der Waals surface area contributed by atoms with Crippen molar-refractivity contribution in [1.29, 1.82) is 0 Å². The third kappa shape index (κ3) is 3.99. The van der Waals surface area contributed by atoms with Crippen molar-refractivity contribution < 1.29 is 23.9 Å². The molecule has 150 valence electrons. The molecule has 3 atom stereocenters. The maximum atomic E-state index is 12.9. The van der Waals surface area contributed by atoms with E-state index in [4.69, 9.17) is 4.74 Å². The summed E-state index contributed by atoms with van der Waals surface area (Å²) in [6, 6.07) is 7.07. The molecule has 2 saturated heterocycles. The van der Waals surface area contributed by atoms with Crippen LogP contribution < -0.4 is 10.6 Å². The summed E-state index contributed by atoms with van der Waals surface area (Å²) in [6.07, 6.45) is -0.210. The summed E-state index contributed by atoms with van der Waals surface area (Å²) in [4.78, 5) is 50.6. The van der Waals surface area contributed by atoms with Crippen LogP contribution in [-0.2, 0) is 19.1 Å². The third-order valence-electron chi connectivity index (χ3n) is 4.87. The summed E-state index contributed by atoms with van der Waals surface area (Å²) >= 11 is 1.54. The molecule has 0 radical (unpaired) electrons. The molecule has 0 bridgehead atoms. The summed E-state index contributed by atoms with van der Waals surface area (Å²) in [5.41, 5.74) is 0.443. The maximum Gasteiger partial charge on any atom is 0.330 e. The van der Waals surface area contributed by atoms with Gasteiger partial charge in [0.05, 0.1) is 4.87 Å². The molecule has 2 N–H and O–H groups in total. The van der Waals surface area contributed by atoms with E-state index in [1.165, 1.54) is 0 Å². The second kappa shape index (κ2) is 8.22. The summed E-state index contributed by atoms with van der Waals surface area (Å²) in [5, 5.41) is 4.65. The van der Waals surface area contributed by atoms with Gasteiger partial charge in [0.15, 0.2) is 0 Å². The van der Waals surface area contributed by atoms with Gasteiger partial charge in [0, 0.05) is 24.3 Å². The van der Waals surface area contributed by atoms with E-state index in [1.54, 1.807) is 53.9 Å². The van der Waals surface area contributed by atoms with Crippen LogP contribution in [0.15, 0.2) is 30.3 Å². The number of carbonyl (C=O) groups excluding carboxylic acids is 4. The Balaban J connectivity index is 1.78. The van der Waals surface area contributed by atoms with E-state index < -0.39 is 34.9 Å². The second-order valence-electron chi connectivity index (χ2n) is 6.84. The molecule has 4 amide bonds. The van der Waals surface area contributed by atoms with Crippen molar-refractivity contribution in [1.82, 2.24) is 15.5 Å². The molecule has 2 heterocycles. The Bertz CT molecular complexity index is 787. The van der Waals surface area contributed by atoms with E-state index in [0.29, 0.717) is 30.7 Å². The van der Waals surface area contributed by atoms with Crippen LogP contribution in [0.2, 0.25) is 0 Å². The van der Waals surface area contributed by atoms with Gasteiger partial charge < -0.3 is 15.0 Å². The van der Waals surface area contributed by atoms with Gasteiger partial charge in [-0.25, -0.2) is 9.59 Å². The van der Waals surface area contributed by atoms with Gasteiger partial charge >= 0.3 is 12.0 Å². The standard InChI is InChI=1S/C19H23N3O5S/c1-3-20-18(26)21-16(24)15(12-7-5-4-6-8-12)27-17(25)13-11-28-19(2)10-9-14(23)22(13)19/h4-8,13,15H,3,9-11H2,1-2H3,(H2,20,21,24,26)/t13-,15-,19-/m0/s1. The van der Waals surface area contributed by atoms with E-state index in [1.807, 2.05) is 6.92 Å². The number of nitrogens with zero attached hydrogens (tertiary/aromatic N) is 1. The fraction of sp³-hybridized carbons (Fsp3) is 0.474. The Morgan fingerprint density at radius 1 is 1.32 bits per heavy atom. The number of benzene rings is 1. The van der Waals surface area contributed by atoms with Crippen molar-refractivity contribution in [3.63, 3.8) is 0 Å². The molecule has 0 saturated carbocycles. The molecule has 3 rings (SSSR count). The van der Waals surface area contributed by atoms with Crippen molar-refractivity contribution in [2.45, 2.75) is 43.7 Å². The molecule has 9 heteroatoms. The number of urea groups is 1. The number of ether oxygens (including phenoxy) is 1. The predicted octanol–water partition coefficient (Wildman–Crippen LogP) is 1.57. The Morgan fingerprint density at radius 2 is 2.04 bits per heavy atom. The lowest BCUT2D eigenvalue weighted by molar-refractivity contribution is -0.162. The first kappa shape index (κ1) is 20.2. The van der Waals surface area contributed by atoms with Crippen molar-refractivity contribution in [2.24, 2.45) is 0 Å². The zero-order valence-electron chi connectivity index (χ0n) is 15.8. The third-order valence-corrected chi connectivity index (χ3v) is 6.37. The Hall–Kier alpha value is -2.55. The molecule has 2 fully saturated rings. The lowest BCUT2D eigenvalue weighted by Gasteiger charge is -2.30. The van der Waals surface area contributed by atoms with Crippen LogP contribution in [0.1, 0.15) is 38.4 Å². The number of carbonyl (C=O) groups is 4. The van der Waals surface area contributed by atoms with Crippen LogP contribution in [0.4, 0.5) is 4.79 Å². The summed E-state index contributed by atoms with van der Waals surface area (Å²) in [6.45, 7) is 4.01. The molecule has 1 aromatic carbocycles. The average molecular weight is 405 g/mol. The zero-order valence-corrected chi connectivity index (χ0v) is 16.6. The van der Waals surface area contributed by atoms with Gasteiger partial charge in [0.2, 0.25) is 12.0 Å². The van der Waals surface area contributed by atoms with E-state index >= 15 is 0 Å². The molecule has 0 aliphatic carbocycles. The van der Waals surface area contributed by atoms with E-state index in [0.717, 1.165) is 0 Å². The average Bonchev–Trinajstić information content (AvgIpc) is 3.16. The summed E-state index contributed by atoms with van der Waals surface area (Å²) in [5.74, 6) is -1.06. The van der Waals surface area contributed by atoms with Crippen molar-refractivity contribution in [2.75, 3.05) is 12.3 Å². The van der Waals surface area contributed by atoms with Crippen LogP contribution in [0, 0.1) is 0 Å². The first-order valence-electron chi connectivity index (χ1n) is 9.16. The van der Waals surface area contributed by atoms with Gasteiger partial charge in [-0.3, -0.25) is 14.9 Å². The molecule has 8 nitrogen and oxygen atoms in total. The lowest BCUT2D eigenvalue weighted by atomic mass is 10.1. The van der Waals surface area contributed by atoms with Gasteiger partial charge in [-0.05, 0) is 20.3 Å². The number of hydrogen-bond donors (Lipinski definition) is 2. The highest BCUT2D eigenvalue weighted by atomic mass is 32.2. The topological polar surface area (TPSA) is 105 Å². The Kier molecular flexibility index (Phi) is 5.93. The second-order valence-corrected chi connectivity index (χ2v) is 8.34. The number of nitrogens with one attached hydrogen (secondary N) is 2. The summed E-state index contributed by atoms with van der Waals surface area (Å²) in [7, 11) is 0. The highest BCUT2D eigenvalue weighted by Gasteiger charge is 2.54. The molecule has 0 spiro atoms. The van der Waals surface area contributed by atoms with Crippen LogP contribution in [0.3, 0.4) is 0 Å². The Labute approximate surface area is 167 Å². The van der Waals surface area contributed by atoms with E-state index in [9.17, 15) is 19.2 Å². The fourth-order valence-corrected chi connectivity index (χ4v) is 4.89. The highest BCUT2D eigenvalue weighted by Crippen LogP contribution is 2.47. The molecule has 0 unspecified atom stereocenters. The van der Waals surface area contributed by atoms with Gasteiger partial charge in [-0.2, -0.15) is 0 Å². The molecular weight excluding hydrogens is 382 g/mol. The first-order valence-corrected chi connectivity index (χ1v) is 10.1. The molecule has 2 aliphatic rings. The maximum absolute atomic E-state index is 12.9. The van der Waals surface area contributed by atoms with Gasteiger partial charge in [0.25, 0.3) is 5.91 Å². The summed E-state index contributed by atoms with van der Waals surface area (Å²) < 4.78 is 5.52. The number of esters is 1. The number of imide groups is 1. The van der Waals surface area contributed by atoms with Crippen LogP contribution >= 0.6 is 11.8 Å². The Morgan fingerprint density at radius 3 is 2.71 bits per heavy atom. The van der Waals surface area contributed by atoms with E-state index in [-0.39, 0.29) is 5.91 Å². The van der Waals surface area contributed by atoms with Crippen molar-refractivity contribution >= 4 is 35.6 Å². The lowest BCUT2D eigenvalue weighted by Crippen LogP contribution is -2.48. The van der Waals surface area contributed by atoms with Crippen LogP contribution in [0.5, 0.6) is 0 Å². The SMILES string of the molecule is CCNC(=O)NC(=O)[C@@H](OC(=O)[C@@H]1CS[C@@]2(C)CCC(=O)N12)c1ccccc1. The molecule has 2 aliphatic heterocycles. The normalized spacial score (nSPS) is 24.4. The number of amides is 4. The molecule has 28 heavy (non-hydrogen) atoms. The minimum absolute atomic E-state index is 0.0857. The van der Waals surface area contributed by atoms with Crippen LogP contribution in [0.25, 0.3) is 0 Å². The molecule has 0 aromatic heterocycles. The van der Waals surface area contributed by atoms with Gasteiger partial charge in [-0.15, -0.1) is 11.8 Å². The monoisotopic (exact) mass is 405 g/mol. The van der Waals surface area contributed by atoms with Gasteiger partial charge in [0.1, 0.15) is 6.04 Å². The number of fused-ring (bicyclic) bond motifs is 1. The van der Waals surface area contributed by atoms with Crippen molar-refractivity contribution in [3.8, 4) is 0 Å². The predicted molar refractivity (Wildman–Crippen MR) is 103 cm³/mol. The largest absolute Gasteiger partial charge is 0.446 e. The number of thioether (sulfide) groups is 1. The number of hydrogen-bond acceptors (Lipinski definition) is 6. The van der Waals surface area contributed by atoms with Gasteiger partial charge in [-0.1, -0.05) is 30.3 Å². The fourth-order valence-electron chi connectivity index (χ4n) is 3.47. The minimum atomic E-state index is -1.29.